The van der Waals surface area contributed by atoms with Crippen molar-refractivity contribution < 1.29 is 0 Å². The van der Waals surface area contributed by atoms with Crippen LogP contribution >= 0.6 is 58.0 Å². The van der Waals surface area contributed by atoms with Crippen molar-refractivity contribution in [2.45, 2.75) is 0 Å². The number of benzene rings is 2. The standard InChI is InChI=1S/C13H9Cl2IN2S/c14-7-1-3-11(9(5-7)13(17)19)18-12-4-2-8(15)6-10(12)16/h1-6,18H,(H2,17,19). The zero-order valence-electron chi connectivity index (χ0n) is 9.58. The van der Waals surface area contributed by atoms with Crippen molar-refractivity contribution in [1.29, 1.82) is 0 Å². The summed E-state index contributed by atoms with van der Waals surface area (Å²) in [5.41, 5.74) is 8.18. The van der Waals surface area contributed by atoms with Gasteiger partial charge in [-0.05, 0) is 59.0 Å². The van der Waals surface area contributed by atoms with Crippen LogP contribution in [0.3, 0.4) is 0 Å². The monoisotopic (exact) mass is 422 g/mol. The molecule has 0 amide bonds. The summed E-state index contributed by atoms with van der Waals surface area (Å²) in [5, 5.41) is 4.58. The van der Waals surface area contributed by atoms with Crippen LogP contribution in [0.1, 0.15) is 5.56 Å². The molecule has 0 saturated heterocycles. The van der Waals surface area contributed by atoms with E-state index in [2.05, 4.69) is 27.9 Å². The highest BCUT2D eigenvalue weighted by Gasteiger charge is 2.08. The molecule has 2 nitrogen and oxygen atoms in total. The molecule has 19 heavy (non-hydrogen) atoms. The molecule has 0 bridgehead atoms. The number of hydrogen-bond acceptors (Lipinski definition) is 2. The second-order valence-electron chi connectivity index (χ2n) is 3.80. The molecule has 0 saturated carbocycles. The van der Waals surface area contributed by atoms with Crippen LogP contribution in [0.15, 0.2) is 36.4 Å². The molecule has 0 radical (unpaired) electrons. The average Bonchev–Trinajstić information content (AvgIpc) is 2.34. The lowest BCUT2D eigenvalue weighted by Crippen LogP contribution is -2.12. The van der Waals surface area contributed by atoms with E-state index >= 15 is 0 Å². The molecule has 0 fully saturated rings. The van der Waals surface area contributed by atoms with Gasteiger partial charge in [0.05, 0.1) is 5.69 Å². The van der Waals surface area contributed by atoms with E-state index in [0.717, 1.165) is 14.9 Å². The lowest BCUT2D eigenvalue weighted by Gasteiger charge is -2.13. The SMILES string of the molecule is NC(=S)c1cc(Cl)ccc1Nc1ccc(Cl)cc1I. The van der Waals surface area contributed by atoms with Crippen LogP contribution in [-0.2, 0) is 0 Å². The molecule has 0 unspecified atom stereocenters. The fourth-order valence-electron chi connectivity index (χ4n) is 1.57. The van der Waals surface area contributed by atoms with Gasteiger partial charge in [0, 0.05) is 24.9 Å². The molecule has 98 valence electrons. The van der Waals surface area contributed by atoms with Gasteiger partial charge in [0.1, 0.15) is 4.99 Å². The van der Waals surface area contributed by atoms with Gasteiger partial charge in [-0.3, -0.25) is 0 Å². The Hall–Kier alpha value is -0.560. The van der Waals surface area contributed by atoms with Crippen LogP contribution in [0.2, 0.25) is 10.0 Å². The van der Waals surface area contributed by atoms with Crippen LogP contribution in [0.25, 0.3) is 0 Å². The van der Waals surface area contributed by atoms with E-state index in [1.807, 2.05) is 24.3 Å². The smallest absolute Gasteiger partial charge is 0.106 e. The van der Waals surface area contributed by atoms with Crippen LogP contribution < -0.4 is 11.1 Å². The van der Waals surface area contributed by atoms with Gasteiger partial charge in [0.25, 0.3) is 0 Å². The Bertz CT molecular complexity index is 647. The Balaban J connectivity index is 2.40. The summed E-state index contributed by atoms with van der Waals surface area (Å²) in [7, 11) is 0. The topological polar surface area (TPSA) is 38.0 Å². The molecule has 0 aliphatic carbocycles. The molecular weight excluding hydrogens is 414 g/mol. The largest absolute Gasteiger partial charge is 0.389 e. The summed E-state index contributed by atoms with van der Waals surface area (Å²) in [5.74, 6) is 0. The maximum atomic E-state index is 5.95. The maximum absolute atomic E-state index is 5.95. The Kier molecular flexibility index (Phi) is 4.89. The zero-order valence-corrected chi connectivity index (χ0v) is 14.1. The molecule has 2 aromatic carbocycles. The first-order chi connectivity index (χ1) is 8.97. The van der Waals surface area contributed by atoms with Crippen molar-refractivity contribution in [2.75, 3.05) is 5.32 Å². The van der Waals surface area contributed by atoms with E-state index in [1.165, 1.54) is 0 Å². The lowest BCUT2D eigenvalue weighted by molar-refractivity contribution is 1.50. The molecule has 0 atom stereocenters. The second kappa shape index (κ2) is 6.26. The molecule has 0 aromatic heterocycles. The summed E-state index contributed by atoms with van der Waals surface area (Å²) in [6.07, 6.45) is 0. The Labute approximate surface area is 140 Å². The Morgan fingerprint density at radius 1 is 1.05 bits per heavy atom. The van der Waals surface area contributed by atoms with Crippen molar-refractivity contribution in [3.63, 3.8) is 0 Å². The van der Waals surface area contributed by atoms with E-state index in [1.54, 1.807) is 12.1 Å². The predicted octanol–water partition coefficient (Wildman–Crippen LogP) is 4.98. The molecule has 0 aliphatic rings. The minimum absolute atomic E-state index is 0.300. The summed E-state index contributed by atoms with van der Waals surface area (Å²) < 4.78 is 1.01. The van der Waals surface area contributed by atoms with E-state index in [9.17, 15) is 0 Å². The molecule has 0 heterocycles. The van der Waals surface area contributed by atoms with Crippen molar-refractivity contribution in [3.05, 3.63) is 55.6 Å². The molecule has 3 N–H and O–H groups in total. The summed E-state index contributed by atoms with van der Waals surface area (Å²) in [4.78, 5) is 0.300. The average molecular weight is 423 g/mol. The highest BCUT2D eigenvalue weighted by Crippen LogP contribution is 2.28. The van der Waals surface area contributed by atoms with Gasteiger partial charge in [-0.2, -0.15) is 0 Å². The molecule has 6 heteroatoms. The fraction of sp³-hybridized carbons (Fsp3) is 0. The van der Waals surface area contributed by atoms with Gasteiger partial charge in [0.2, 0.25) is 0 Å². The minimum atomic E-state index is 0.300. The van der Waals surface area contributed by atoms with Gasteiger partial charge < -0.3 is 11.1 Å². The van der Waals surface area contributed by atoms with E-state index in [0.29, 0.717) is 20.6 Å². The number of nitrogens with one attached hydrogen (secondary N) is 1. The zero-order chi connectivity index (χ0) is 14.0. The van der Waals surface area contributed by atoms with Crippen molar-refractivity contribution in [3.8, 4) is 0 Å². The third-order valence-corrected chi connectivity index (χ3v) is 4.03. The first-order valence-electron chi connectivity index (χ1n) is 5.29. The normalized spacial score (nSPS) is 10.3. The van der Waals surface area contributed by atoms with E-state index in [-0.39, 0.29) is 0 Å². The maximum Gasteiger partial charge on any atom is 0.106 e. The first-order valence-corrected chi connectivity index (χ1v) is 7.53. The predicted molar refractivity (Wildman–Crippen MR) is 94.8 cm³/mol. The summed E-state index contributed by atoms with van der Waals surface area (Å²) >= 11 is 19.1. The number of thiocarbonyl (C=S) groups is 1. The lowest BCUT2D eigenvalue weighted by atomic mass is 10.1. The van der Waals surface area contributed by atoms with Crippen LogP contribution in [-0.4, -0.2) is 4.99 Å². The van der Waals surface area contributed by atoms with Gasteiger partial charge in [-0.15, -0.1) is 0 Å². The number of halogens is 3. The second-order valence-corrected chi connectivity index (χ2v) is 6.28. The summed E-state index contributed by atoms with van der Waals surface area (Å²) in [6.45, 7) is 0. The number of hydrogen-bond donors (Lipinski definition) is 2. The van der Waals surface area contributed by atoms with Crippen molar-refractivity contribution >= 4 is 74.4 Å². The Morgan fingerprint density at radius 3 is 2.21 bits per heavy atom. The highest BCUT2D eigenvalue weighted by atomic mass is 127. The number of rotatable bonds is 3. The Morgan fingerprint density at radius 2 is 1.63 bits per heavy atom. The number of anilines is 2. The molecular formula is C13H9Cl2IN2S. The van der Waals surface area contributed by atoms with E-state index in [4.69, 9.17) is 41.2 Å². The highest BCUT2D eigenvalue weighted by molar-refractivity contribution is 14.1. The fourth-order valence-corrected chi connectivity index (χ4v) is 2.91. The molecule has 2 rings (SSSR count). The quantitative estimate of drug-likeness (QED) is 0.541. The van der Waals surface area contributed by atoms with Gasteiger partial charge in [0.15, 0.2) is 0 Å². The first kappa shape index (κ1) is 14.8. The number of nitrogens with two attached hydrogens (primary N) is 1. The molecule has 0 spiro atoms. The molecule has 0 aliphatic heterocycles. The van der Waals surface area contributed by atoms with Crippen molar-refractivity contribution in [2.24, 2.45) is 5.73 Å². The minimum Gasteiger partial charge on any atom is -0.389 e. The summed E-state index contributed by atoms with van der Waals surface area (Å²) in [6, 6.07) is 11.0. The van der Waals surface area contributed by atoms with E-state index < -0.39 is 0 Å². The molecule has 2 aromatic rings. The van der Waals surface area contributed by atoms with Crippen LogP contribution in [0, 0.1) is 3.57 Å². The van der Waals surface area contributed by atoms with Gasteiger partial charge in [-0.1, -0.05) is 35.4 Å². The van der Waals surface area contributed by atoms with Gasteiger partial charge >= 0.3 is 0 Å². The third kappa shape index (κ3) is 3.72. The van der Waals surface area contributed by atoms with Gasteiger partial charge in [-0.25, -0.2) is 0 Å². The van der Waals surface area contributed by atoms with Crippen LogP contribution in [0.5, 0.6) is 0 Å². The van der Waals surface area contributed by atoms with Crippen molar-refractivity contribution in [1.82, 2.24) is 0 Å². The third-order valence-electron chi connectivity index (χ3n) is 2.45. The van der Waals surface area contributed by atoms with Crippen LogP contribution in [0.4, 0.5) is 11.4 Å².